The molecule has 0 atom stereocenters. The molecule has 0 unspecified atom stereocenters. The fraction of sp³-hybridized carbons (Fsp3) is 0.0625. The molecule has 0 radical (unpaired) electrons. The molecule has 0 spiro atoms. The predicted molar refractivity (Wildman–Crippen MR) is 82.3 cm³/mol. The third kappa shape index (κ3) is 3.77. The smallest absolute Gasteiger partial charge is 0.259 e. The van der Waals surface area contributed by atoms with E-state index in [0.29, 0.717) is 24.2 Å². The van der Waals surface area contributed by atoms with Crippen LogP contribution in [0.4, 0.5) is 24.8 Å². The van der Waals surface area contributed by atoms with E-state index in [9.17, 15) is 18.0 Å². The lowest BCUT2D eigenvalue weighted by molar-refractivity contribution is 0.102. The largest absolute Gasteiger partial charge is 0.467 e. The molecule has 0 aliphatic heterocycles. The number of nitrogens with zero attached hydrogens (tertiary/aromatic N) is 2. The van der Waals surface area contributed by atoms with Gasteiger partial charge in [0.25, 0.3) is 5.91 Å². The third-order valence-corrected chi connectivity index (χ3v) is 3.21. The minimum atomic E-state index is -1.71. The zero-order valence-electron chi connectivity index (χ0n) is 12.6. The average molecular weight is 348 g/mol. The molecule has 2 N–H and O–H groups in total. The Kier molecular flexibility index (Phi) is 4.64. The zero-order chi connectivity index (χ0) is 17.8. The van der Waals surface area contributed by atoms with Gasteiger partial charge in [0.2, 0.25) is 0 Å². The molecule has 128 valence electrons. The number of amides is 1. The summed E-state index contributed by atoms with van der Waals surface area (Å²) in [4.78, 5) is 11.9. The summed E-state index contributed by atoms with van der Waals surface area (Å²) >= 11 is 0. The Morgan fingerprint density at radius 1 is 1.00 bits per heavy atom. The van der Waals surface area contributed by atoms with Crippen LogP contribution in [0.15, 0.2) is 47.1 Å². The van der Waals surface area contributed by atoms with Gasteiger partial charge in [-0.2, -0.15) is 0 Å². The van der Waals surface area contributed by atoms with E-state index in [1.165, 1.54) is 12.1 Å². The van der Waals surface area contributed by atoms with E-state index in [4.69, 9.17) is 4.42 Å². The summed E-state index contributed by atoms with van der Waals surface area (Å²) < 4.78 is 44.8. The molecule has 2 heterocycles. The topological polar surface area (TPSA) is 80.0 Å². The summed E-state index contributed by atoms with van der Waals surface area (Å²) in [7, 11) is 0. The first-order chi connectivity index (χ1) is 12.0. The van der Waals surface area contributed by atoms with Crippen molar-refractivity contribution in [2.45, 2.75) is 6.54 Å². The lowest BCUT2D eigenvalue weighted by atomic mass is 10.2. The second-order valence-corrected chi connectivity index (χ2v) is 4.91. The fourth-order valence-corrected chi connectivity index (χ4v) is 1.97. The van der Waals surface area contributed by atoms with E-state index < -0.39 is 28.9 Å². The Bertz CT molecular complexity index is 883. The summed E-state index contributed by atoms with van der Waals surface area (Å²) in [6, 6.07) is 8.00. The average Bonchev–Trinajstić information content (AvgIpc) is 3.12. The molecular weight excluding hydrogens is 337 g/mol. The van der Waals surface area contributed by atoms with Gasteiger partial charge in [-0.25, -0.2) is 13.2 Å². The van der Waals surface area contributed by atoms with Crippen molar-refractivity contribution < 1.29 is 22.4 Å². The van der Waals surface area contributed by atoms with Gasteiger partial charge in [0.15, 0.2) is 23.3 Å². The first-order valence-electron chi connectivity index (χ1n) is 7.09. The highest BCUT2D eigenvalue weighted by Crippen LogP contribution is 2.17. The minimum absolute atomic E-state index is 0.0256. The Balaban J connectivity index is 1.65. The maximum Gasteiger partial charge on any atom is 0.259 e. The molecule has 1 amide bonds. The maximum atomic E-state index is 13.6. The third-order valence-electron chi connectivity index (χ3n) is 3.21. The lowest BCUT2D eigenvalue weighted by Crippen LogP contribution is -2.16. The van der Waals surface area contributed by atoms with Crippen LogP contribution in [0, 0.1) is 17.5 Å². The molecule has 0 aliphatic rings. The van der Waals surface area contributed by atoms with Crippen LogP contribution in [0.1, 0.15) is 16.1 Å². The molecule has 2 aromatic heterocycles. The van der Waals surface area contributed by atoms with Gasteiger partial charge < -0.3 is 15.1 Å². The number of benzene rings is 1. The highest BCUT2D eigenvalue weighted by atomic mass is 19.2. The first kappa shape index (κ1) is 16.5. The van der Waals surface area contributed by atoms with Gasteiger partial charge in [-0.05, 0) is 36.4 Å². The van der Waals surface area contributed by atoms with E-state index in [2.05, 4.69) is 20.8 Å². The van der Waals surface area contributed by atoms with Crippen molar-refractivity contribution in [2.75, 3.05) is 10.6 Å². The quantitative estimate of drug-likeness (QED) is 0.691. The zero-order valence-corrected chi connectivity index (χ0v) is 12.6. The van der Waals surface area contributed by atoms with Crippen LogP contribution in [-0.2, 0) is 6.54 Å². The van der Waals surface area contributed by atoms with Crippen molar-refractivity contribution in [3.05, 3.63) is 71.4 Å². The van der Waals surface area contributed by atoms with Gasteiger partial charge in [-0.15, -0.1) is 10.2 Å². The molecular formula is C16H11F3N4O2. The van der Waals surface area contributed by atoms with Crippen LogP contribution in [0.3, 0.4) is 0 Å². The number of hydrogen-bond acceptors (Lipinski definition) is 5. The maximum absolute atomic E-state index is 13.6. The Morgan fingerprint density at radius 3 is 2.44 bits per heavy atom. The van der Waals surface area contributed by atoms with Crippen LogP contribution >= 0.6 is 0 Å². The molecule has 1 aromatic carbocycles. The van der Waals surface area contributed by atoms with E-state index in [1.54, 1.807) is 18.4 Å². The number of aromatic nitrogens is 2. The monoisotopic (exact) mass is 348 g/mol. The summed E-state index contributed by atoms with van der Waals surface area (Å²) in [5.41, 5.74) is -0.638. The van der Waals surface area contributed by atoms with Crippen molar-refractivity contribution in [3.8, 4) is 0 Å². The minimum Gasteiger partial charge on any atom is -0.467 e. The van der Waals surface area contributed by atoms with Crippen LogP contribution in [-0.4, -0.2) is 16.1 Å². The second-order valence-electron chi connectivity index (χ2n) is 4.91. The van der Waals surface area contributed by atoms with Crippen LogP contribution in [0.25, 0.3) is 0 Å². The Labute approximate surface area is 139 Å². The molecule has 3 rings (SSSR count). The molecule has 0 saturated heterocycles. The van der Waals surface area contributed by atoms with Gasteiger partial charge in [0.05, 0.1) is 18.4 Å². The van der Waals surface area contributed by atoms with E-state index >= 15 is 0 Å². The predicted octanol–water partition coefficient (Wildman–Crippen LogP) is 3.35. The Hall–Kier alpha value is -3.36. The van der Waals surface area contributed by atoms with Crippen molar-refractivity contribution in [1.29, 1.82) is 0 Å². The summed E-state index contributed by atoms with van der Waals surface area (Å²) in [6.45, 7) is 0.396. The molecule has 0 bridgehead atoms. The highest BCUT2D eigenvalue weighted by Gasteiger charge is 2.19. The number of rotatable bonds is 5. The van der Waals surface area contributed by atoms with Crippen LogP contribution < -0.4 is 10.6 Å². The first-order valence-corrected chi connectivity index (χ1v) is 7.09. The molecule has 25 heavy (non-hydrogen) atoms. The SMILES string of the molecule is O=C(Nc1ccc(NCc2ccco2)nn1)c1ccc(F)c(F)c1F. The molecule has 0 fully saturated rings. The Morgan fingerprint density at radius 2 is 1.76 bits per heavy atom. The van der Waals surface area contributed by atoms with Crippen molar-refractivity contribution in [3.63, 3.8) is 0 Å². The number of halogens is 3. The van der Waals surface area contributed by atoms with Crippen LogP contribution in [0.2, 0.25) is 0 Å². The number of carbonyl (C=O) groups is 1. The lowest BCUT2D eigenvalue weighted by Gasteiger charge is -2.07. The number of carbonyl (C=O) groups excluding carboxylic acids is 1. The van der Waals surface area contributed by atoms with Gasteiger partial charge >= 0.3 is 0 Å². The van der Waals surface area contributed by atoms with Crippen LogP contribution in [0.5, 0.6) is 0 Å². The number of furan rings is 1. The number of hydrogen-bond donors (Lipinski definition) is 2. The molecule has 6 nitrogen and oxygen atoms in total. The van der Waals surface area contributed by atoms with E-state index in [-0.39, 0.29) is 5.82 Å². The van der Waals surface area contributed by atoms with Crippen molar-refractivity contribution in [2.24, 2.45) is 0 Å². The number of anilines is 2. The normalized spacial score (nSPS) is 10.5. The summed E-state index contributed by atoms with van der Waals surface area (Å²) in [5.74, 6) is -4.47. The molecule has 0 saturated carbocycles. The van der Waals surface area contributed by atoms with Gasteiger partial charge in [-0.3, -0.25) is 4.79 Å². The second kappa shape index (κ2) is 7.04. The summed E-state index contributed by atoms with van der Waals surface area (Å²) in [6.07, 6.45) is 1.54. The van der Waals surface area contributed by atoms with E-state index in [1.807, 2.05) is 0 Å². The molecule has 3 aromatic rings. The number of nitrogens with one attached hydrogen (secondary N) is 2. The van der Waals surface area contributed by atoms with Gasteiger partial charge in [-0.1, -0.05) is 0 Å². The van der Waals surface area contributed by atoms with Crippen molar-refractivity contribution in [1.82, 2.24) is 10.2 Å². The molecule has 0 aliphatic carbocycles. The summed E-state index contributed by atoms with van der Waals surface area (Å²) in [5, 5.41) is 12.8. The van der Waals surface area contributed by atoms with E-state index in [0.717, 1.165) is 6.07 Å². The highest BCUT2D eigenvalue weighted by molar-refractivity contribution is 6.03. The van der Waals surface area contributed by atoms with Gasteiger partial charge in [0.1, 0.15) is 11.6 Å². The van der Waals surface area contributed by atoms with Gasteiger partial charge in [0, 0.05) is 0 Å². The fourth-order valence-electron chi connectivity index (χ4n) is 1.97. The molecule has 9 heteroatoms. The standard InChI is InChI=1S/C16H11F3N4O2/c17-11-4-3-10(14(18)15(11)19)16(24)21-13-6-5-12(22-23-13)20-8-9-2-1-7-25-9/h1-7H,8H2,(H,20,22)(H,21,23,24). The van der Waals surface area contributed by atoms with Crippen molar-refractivity contribution >= 4 is 17.5 Å².